The van der Waals surface area contributed by atoms with Crippen LogP contribution in [0, 0.1) is 0 Å². The van der Waals surface area contributed by atoms with Crippen LogP contribution in [0.1, 0.15) is 41.0 Å². The third kappa shape index (κ3) is 2.65. The maximum Gasteiger partial charge on any atom is 0.350 e. The van der Waals surface area contributed by atoms with Crippen molar-refractivity contribution in [3.63, 3.8) is 0 Å². The quantitative estimate of drug-likeness (QED) is 0.754. The van der Waals surface area contributed by atoms with Gasteiger partial charge in [0.25, 0.3) is 0 Å². The monoisotopic (exact) mass is 351 g/mol. The minimum absolute atomic E-state index is 0.245. The predicted molar refractivity (Wildman–Crippen MR) is 83.2 cm³/mol. The summed E-state index contributed by atoms with van der Waals surface area (Å²) in [5.74, 6) is 0.187. The summed E-state index contributed by atoms with van der Waals surface area (Å²) in [5, 5.41) is 0.877. The van der Waals surface area contributed by atoms with E-state index in [2.05, 4.69) is 15.9 Å². The second kappa shape index (κ2) is 5.66. The number of esters is 1. The Kier molecular flexibility index (Phi) is 3.89. The molecule has 0 saturated heterocycles. The van der Waals surface area contributed by atoms with Gasteiger partial charge in [0.15, 0.2) is 0 Å². The topological polar surface area (TPSA) is 39.2 Å². The lowest BCUT2D eigenvalue weighted by Gasteiger charge is -1.99. The van der Waals surface area contributed by atoms with Crippen LogP contribution in [0.25, 0.3) is 10.6 Å². The zero-order chi connectivity index (χ0) is 14.1. The van der Waals surface area contributed by atoms with Gasteiger partial charge in [0.1, 0.15) is 9.88 Å². The number of halogens is 1. The van der Waals surface area contributed by atoms with Crippen LogP contribution < -0.4 is 0 Å². The molecule has 3 nitrogen and oxygen atoms in total. The standard InChI is InChI=1S/C15H14BrNO2S/c1-2-19-15(18)13-12(9-7-8-9)17-14(20-13)10-5-3-4-6-11(10)16/h3-6,9H,2,7-8H2,1H3. The van der Waals surface area contributed by atoms with Gasteiger partial charge in [-0.05, 0) is 25.8 Å². The van der Waals surface area contributed by atoms with E-state index < -0.39 is 0 Å². The molecule has 2 aromatic rings. The third-order valence-corrected chi connectivity index (χ3v) is 4.96. The Morgan fingerprint density at radius 1 is 1.45 bits per heavy atom. The average Bonchev–Trinajstić information content (AvgIpc) is 3.19. The maximum absolute atomic E-state index is 12.1. The van der Waals surface area contributed by atoms with Gasteiger partial charge in [-0.2, -0.15) is 0 Å². The van der Waals surface area contributed by atoms with Gasteiger partial charge < -0.3 is 4.74 Å². The number of carbonyl (C=O) groups is 1. The van der Waals surface area contributed by atoms with Gasteiger partial charge >= 0.3 is 5.97 Å². The van der Waals surface area contributed by atoms with Crippen LogP contribution >= 0.6 is 27.3 Å². The van der Waals surface area contributed by atoms with E-state index in [1.165, 1.54) is 11.3 Å². The largest absolute Gasteiger partial charge is 0.462 e. The summed E-state index contributed by atoms with van der Waals surface area (Å²) in [6, 6.07) is 7.93. The predicted octanol–water partition coefficient (Wildman–Crippen LogP) is 4.63. The molecule has 1 aliphatic carbocycles. The second-order valence-electron chi connectivity index (χ2n) is 4.71. The molecule has 1 aliphatic rings. The molecule has 0 atom stereocenters. The second-order valence-corrected chi connectivity index (χ2v) is 6.56. The molecule has 104 valence electrons. The lowest BCUT2D eigenvalue weighted by atomic mass is 10.2. The van der Waals surface area contributed by atoms with E-state index in [1.807, 2.05) is 31.2 Å². The molecule has 0 N–H and O–H groups in total. The van der Waals surface area contributed by atoms with E-state index in [4.69, 9.17) is 9.72 Å². The third-order valence-electron chi connectivity index (χ3n) is 3.18. The maximum atomic E-state index is 12.1. The van der Waals surface area contributed by atoms with Crippen molar-refractivity contribution >= 4 is 33.2 Å². The molecule has 1 fully saturated rings. The van der Waals surface area contributed by atoms with Crippen LogP contribution in [0.3, 0.4) is 0 Å². The fourth-order valence-corrected chi connectivity index (χ4v) is 3.75. The van der Waals surface area contributed by atoms with E-state index in [1.54, 1.807) is 0 Å². The number of hydrogen-bond acceptors (Lipinski definition) is 4. The zero-order valence-corrected chi connectivity index (χ0v) is 13.5. The van der Waals surface area contributed by atoms with Gasteiger partial charge in [-0.25, -0.2) is 9.78 Å². The van der Waals surface area contributed by atoms with Gasteiger partial charge in [-0.1, -0.05) is 34.1 Å². The van der Waals surface area contributed by atoms with Crippen LogP contribution in [0.15, 0.2) is 28.7 Å². The molecule has 0 spiro atoms. The number of carbonyl (C=O) groups excluding carboxylic acids is 1. The summed E-state index contributed by atoms with van der Waals surface area (Å²) in [6.45, 7) is 2.22. The first kappa shape index (κ1) is 13.8. The fourth-order valence-electron chi connectivity index (χ4n) is 2.06. The van der Waals surface area contributed by atoms with Crippen molar-refractivity contribution in [1.82, 2.24) is 4.98 Å². The van der Waals surface area contributed by atoms with Gasteiger partial charge in [-0.3, -0.25) is 0 Å². The van der Waals surface area contributed by atoms with Crippen molar-refractivity contribution in [3.8, 4) is 10.6 Å². The highest BCUT2D eigenvalue weighted by molar-refractivity contribution is 9.10. The highest BCUT2D eigenvalue weighted by Crippen LogP contribution is 2.45. The van der Waals surface area contributed by atoms with Crippen molar-refractivity contribution in [3.05, 3.63) is 39.3 Å². The lowest BCUT2D eigenvalue weighted by molar-refractivity contribution is 0.0530. The van der Waals surface area contributed by atoms with Crippen molar-refractivity contribution in [1.29, 1.82) is 0 Å². The van der Waals surface area contributed by atoms with Gasteiger partial charge in [-0.15, -0.1) is 11.3 Å². The SMILES string of the molecule is CCOC(=O)c1sc(-c2ccccc2Br)nc1C1CC1. The first-order valence-electron chi connectivity index (χ1n) is 6.63. The molecule has 1 heterocycles. The summed E-state index contributed by atoms with van der Waals surface area (Å²) >= 11 is 4.97. The number of hydrogen-bond donors (Lipinski definition) is 0. The van der Waals surface area contributed by atoms with Crippen molar-refractivity contribution in [2.45, 2.75) is 25.7 Å². The van der Waals surface area contributed by atoms with E-state index in [0.29, 0.717) is 17.4 Å². The van der Waals surface area contributed by atoms with Crippen molar-refractivity contribution in [2.24, 2.45) is 0 Å². The molecule has 0 aliphatic heterocycles. The Morgan fingerprint density at radius 3 is 2.85 bits per heavy atom. The zero-order valence-electron chi connectivity index (χ0n) is 11.1. The summed E-state index contributed by atoms with van der Waals surface area (Å²) in [4.78, 5) is 17.4. The molecule has 1 aromatic heterocycles. The van der Waals surface area contributed by atoms with Gasteiger partial charge in [0, 0.05) is 16.0 Å². The molecule has 5 heteroatoms. The summed E-state index contributed by atoms with van der Waals surface area (Å²) in [5.41, 5.74) is 1.94. The van der Waals surface area contributed by atoms with Crippen LogP contribution in [-0.4, -0.2) is 17.6 Å². The molecular weight excluding hydrogens is 338 g/mol. The minimum atomic E-state index is -0.245. The Morgan fingerprint density at radius 2 is 2.20 bits per heavy atom. The van der Waals surface area contributed by atoms with Crippen LogP contribution in [-0.2, 0) is 4.74 Å². The Labute approximate surface area is 130 Å². The number of nitrogens with zero attached hydrogens (tertiary/aromatic N) is 1. The number of ether oxygens (including phenoxy) is 1. The lowest BCUT2D eigenvalue weighted by Crippen LogP contribution is -2.05. The van der Waals surface area contributed by atoms with E-state index in [0.717, 1.165) is 33.6 Å². The molecule has 0 bridgehead atoms. The summed E-state index contributed by atoms with van der Waals surface area (Å²) < 4.78 is 6.14. The molecule has 0 radical (unpaired) electrons. The Balaban J connectivity index is 2.03. The Bertz CT molecular complexity index is 649. The molecule has 0 amide bonds. The fraction of sp³-hybridized carbons (Fsp3) is 0.333. The molecular formula is C15H14BrNO2S. The summed E-state index contributed by atoms with van der Waals surface area (Å²) in [7, 11) is 0. The number of thiazole rings is 1. The van der Waals surface area contributed by atoms with Crippen molar-refractivity contribution < 1.29 is 9.53 Å². The van der Waals surface area contributed by atoms with Crippen LogP contribution in [0.2, 0.25) is 0 Å². The van der Waals surface area contributed by atoms with Gasteiger partial charge in [0.2, 0.25) is 0 Å². The molecule has 1 aromatic carbocycles. The Hall–Kier alpha value is -1.20. The van der Waals surface area contributed by atoms with Gasteiger partial charge in [0.05, 0.1) is 12.3 Å². The molecule has 3 rings (SSSR count). The minimum Gasteiger partial charge on any atom is -0.462 e. The average molecular weight is 352 g/mol. The van der Waals surface area contributed by atoms with Crippen LogP contribution in [0.4, 0.5) is 0 Å². The smallest absolute Gasteiger partial charge is 0.350 e. The number of benzene rings is 1. The highest BCUT2D eigenvalue weighted by atomic mass is 79.9. The normalized spacial score (nSPS) is 14.3. The highest BCUT2D eigenvalue weighted by Gasteiger charge is 2.33. The van der Waals surface area contributed by atoms with E-state index >= 15 is 0 Å². The molecule has 0 unspecified atom stereocenters. The van der Waals surface area contributed by atoms with Crippen molar-refractivity contribution in [2.75, 3.05) is 6.61 Å². The van der Waals surface area contributed by atoms with E-state index in [-0.39, 0.29) is 5.97 Å². The number of aromatic nitrogens is 1. The number of rotatable bonds is 4. The van der Waals surface area contributed by atoms with E-state index in [9.17, 15) is 4.79 Å². The first-order chi connectivity index (χ1) is 9.70. The van der Waals surface area contributed by atoms with Crippen LogP contribution in [0.5, 0.6) is 0 Å². The molecule has 20 heavy (non-hydrogen) atoms. The summed E-state index contributed by atoms with van der Waals surface area (Å²) in [6.07, 6.45) is 2.23. The molecule has 1 saturated carbocycles. The first-order valence-corrected chi connectivity index (χ1v) is 8.24.